The molecule has 0 atom stereocenters. The van der Waals surface area contributed by atoms with E-state index in [1.54, 1.807) is 0 Å². The second kappa shape index (κ2) is 2.02. The second-order valence-corrected chi connectivity index (χ2v) is 2.13. The second-order valence-electron chi connectivity index (χ2n) is 2.13. The smallest absolute Gasteiger partial charge is 0.161 e. The molecule has 0 fully saturated rings. The van der Waals surface area contributed by atoms with E-state index in [0.717, 1.165) is 12.1 Å². The van der Waals surface area contributed by atoms with Gasteiger partial charge in [0.05, 0.1) is 11.4 Å². The maximum absolute atomic E-state index is 12.5. The van der Waals surface area contributed by atoms with Gasteiger partial charge in [-0.1, -0.05) is 0 Å². The van der Waals surface area contributed by atoms with Gasteiger partial charge in [0.2, 0.25) is 0 Å². The Balaban J connectivity index is 2.63. The Morgan fingerprint density at radius 3 is 2.36 bits per heavy atom. The predicted molar refractivity (Wildman–Crippen MR) is 36.3 cm³/mol. The first-order chi connectivity index (χ1) is 5.27. The van der Waals surface area contributed by atoms with E-state index in [4.69, 9.17) is 0 Å². The highest BCUT2D eigenvalue weighted by Crippen LogP contribution is 2.30. The minimum Gasteiger partial charge on any atom is -0.235 e. The number of nitrogens with zero attached hydrogens (tertiary/aromatic N) is 2. The van der Waals surface area contributed by atoms with Crippen LogP contribution >= 0.6 is 0 Å². The van der Waals surface area contributed by atoms with Gasteiger partial charge in [-0.3, -0.25) is 0 Å². The van der Waals surface area contributed by atoms with Gasteiger partial charge in [0.25, 0.3) is 0 Å². The number of hydrogen-bond donors (Lipinski definition) is 0. The first kappa shape index (κ1) is 6.27. The summed E-state index contributed by atoms with van der Waals surface area (Å²) in [5, 5.41) is 3.70. The van der Waals surface area contributed by atoms with Crippen molar-refractivity contribution in [2.45, 2.75) is 0 Å². The van der Waals surface area contributed by atoms with E-state index in [2.05, 4.69) is 10.3 Å². The fourth-order valence-electron chi connectivity index (χ4n) is 0.886. The summed E-state index contributed by atoms with van der Waals surface area (Å²) in [5.74, 6) is -1.78. The SMILES string of the molecule is Fc1cc2c(cc1F)N=C[N]2. The number of halogens is 2. The van der Waals surface area contributed by atoms with Gasteiger partial charge in [0, 0.05) is 12.1 Å². The lowest BCUT2D eigenvalue weighted by Crippen LogP contribution is -1.88. The molecule has 1 aromatic carbocycles. The van der Waals surface area contributed by atoms with Gasteiger partial charge in [0.1, 0.15) is 6.34 Å². The molecule has 0 bridgehead atoms. The molecule has 0 N–H and O–H groups in total. The van der Waals surface area contributed by atoms with Gasteiger partial charge in [-0.15, -0.1) is 0 Å². The van der Waals surface area contributed by atoms with Crippen molar-refractivity contribution in [3.8, 4) is 0 Å². The summed E-state index contributed by atoms with van der Waals surface area (Å²) in [4.78, 5) is 3.70. The zero-order valence-corrected chi connectivity index (χ0v) is 5.38. The van der Waals surface area contributed by atoms with Crippen LogP contribution in [0.3, 0.4) is 0 Å². The van der Waals surface area contributed by atoms with Crippen molar-refractivity contribution in [3.63, 3.8) is 0 Å². The van der Waals surface area contributed by atoms with E-state index in [9.17, 15) is 8.78 Å². The average Bonchev–Trinajstić information content (AvgIpc) is 2.36. The summed E-state index contributed by atoms with van der Waals surface area (Å²) < 4.78 is 25.0. The number of fused-ring (bicyclic) bond motifs is 1. The Bertz CT molecular complexity index is 333. The van der Waals surface area contributed by atoms with Crippen LogP contribution in [0.15, 0.2) is 17.1 Å². The third kappa shape index (κ3) is 0.869. The summed E-state index contributed by atoms with van der Waals surface area (Å²) >= 11 is 0. The molecule has 2 nitrogen and oxygen atoms in total. The van der Waals surface area contributed by atoms with Crippen LogP contribution in [-0.2, 0) is 0 Å². The van der Waals surface area contributed by atoms with E-state index < -0.39 is 11.6 Å². The molecule has 1 aliphatic rings. The highest BCUT2D eigenvalue weighted by Gasteiger charge is 2.12. The number of benzene rings is 1. The highest BCUT2D eigenvalue weighted by atomic mass is 19.2. The van der Waals surface area contributed by atoms with Gasteiger partial charge in [-0.2, -0.15) is 0 Å². The molecule has 0 aromatic heterocycles. The topological polar surface area (TPSA) is 26.5 Å². The predicted octanol–water partition coefficient (Wildman–Crippen LogP) is 1.87. The van der Waals surface area contributed by atoms with Crippen LogP contribution in [0.5, 0.6) is 0 Å². The largest absolute Gasteiger partial charge is 0.235 e. The van der Waals surface area contributed by atoms with Crippen molar-refractivity contribution < 1.29 is 8.78 Å². The summed E-state index contributed by atoms with van der Waals surface area (Å²) in [7, 11) is 0. The van der Waals surface area contributed by atoms with Crippen LogP contribution in [0.2, 0.25) is 0 Å². The normalized spacial score (nSPS) is 12.9. The molecule has 0 amide bonds. The minimum atomic E-state index is -0.891. The van der Waals surface area contributed by atoms with Crippen LogP contribution in [0.4, 0.5) is 20.2 Å². The molecular formula is C7H3F2N2. The number of aliphatic imine (C=N–C) groups is 1. The number of rotatable bonds is 0. The molecule has 1 aromatic rings. The summed E-state index contributed by atoms with van der Waals surface area (Å²) in [6.07, 6.45) is 1.27. The van der Waals surface area contributed by atoms with Crippen molar-refractivity contribution in [2.24, 2.45) is 4.99 Å². The maximum Gasteiger partial charge on any atom is 0.161 e. The zero-order chi connectivity index (χ0) is 7.84. The highest BCUT2D eigenvalue weighted by molar-refractivity contribution is 5.81. The van der Waals surface area contributed by atoms with Crippen LogP contribution in [0.25, 0.3) is 0 Å². The lowest BCUT2D eigenvalue weighted by Gasteiger charge is -1.95. The van der Waals surface area contributed by atoms with Gasteiger partial charge in [0.15, 0.2) is 11.6 Å². The summed E-state index contributed by atoms with van der Waals surface area (Å²) in [6, 6.07) is 2.05. The Labute approximate surface area is 61.6 Å². The summed E-state index contributed by atoms with van der Waals surface area (Å²) in [6.45, 7) is 0. The molecule has 0 saturated carbocycles. The van der Waals surface area contributed by atoms with Gasteiger partial charge in [-0.25, -0.2) is 19.1 Å². The molecule has 1 aliphatic heterocycles. The Morgan fingerprint density at radius 2 is 1.64 bits per heavy atom. The quantitative estimate of drug-likeness (QED) is 0.544. The van der Waals surface area contributed by atoms with Crippen molar-refractivity contribution in [3.05, 3.63) is 23.8 Å². The van der Waals surface area contributed by atoms with E-state index in [0.29, 0.717) is 11.4 Å². The molecule has 1 radical (unpaired) electrons. The molecule has 0 spiro atoms. The lowest BCUT2D eigenvalue weighted by atomic mass is 10.2. The average molecular weight is 153 g/mol. The molecular weight excluding hydrogens is 150 g/mol. The van der Waals surface area contributed by atoms with Crippen molar-refractivity contribution in [1.82, 2.24) is 5.32 Å². The fourth-order valence-corrected chi connectivity index (χ4v) is 0.886. The molecule has 11 heavy (non-hydrogen) atoms. The molecule has 0 saturated heterocycles. The summed E-state index contributed by atoms with van der Waals surface area (Å²) in [5.41, 5.74) is 0.757. The first-order valence-corrected chi connectivity index (χ1v) is 3.00. The van der Waals surface area contributed by atoms with Gasteiger partial charge in [-0.05, 0) is 0 Å². The Morgan fingerprint density at radius 1 is 1.00 bits per heavy atom. The minimum absolute atomic E-state index is 0.379. The van der Waals surface area contributed by atoms with Crippen LogP contribution in [0.1, 0.15) is 0 Å². The zero-order valence-electron chi connectivity index (χ0n) is 5.38. The fraction of sp³-hybridized carbons (Fsp3) is 0. The molecule has 0 aliphatic carbocycles. The Hall–Kier alpha value is -1.45. The van der Waals surface area contributed by atoms with E-state index in [-0.39, 0.29) is 0 Å². The molecule has 1 heterocycles. The van der Waals surface area contributed by atoms with E-state index >= 15 is 0 Å². The standard InChI is InChI=1S/C7H3F2N2/c8-4-1-6-7(2-5(4)9)11-3-10-6/h1-3H. The van der Waals surface area contributed by atoms with Crippen molar-refractivity contribution in [1.29, 1.82) is 0 Å². The van der Waals surface area contributed by atoms with Crippen LogP contribution < -0.4 is 5.32 Å². The molecule has 0 unspecified atom stereocenters. The van der Waals surface area contributed by atoms with Crippen LogP contribution in [-0.4, -0.2) is 6.34 Å². The third-order valence-corrected chi connectivity index (χ3v) is 1.41. The molecule has 2 rings (SSSR count). The third-order valence-electron chi connectivity index (χ3n) is 1.41. The number of hydrogen-bond acceptors (Lipinski definition) is 1. The Kier molecular flexibility index (Phi) is 1.15. The first-order valence-electron chi connectivity index (χ1n) is 3.00. The lowest BCUT2D eigenvalue weighted by molar-refractivity contribution is 0.509. The molecule has 55 valence electrons. The maximum atomic E-state index is 12.5. The monoisotopic (exact) mass is 153 g/mol. The van der Waals surface area contributed by atoms with Gasteiger partial charge >= 0.3 is 0 Å². The van der Waals surface area contributed by atoms with Crippen molar-refractivity contribution in [2.75, 3.05) is 0 Å². The van der Waals surface area contributed by atoms with Crippen LogP contribution in [0, 0.1) is 11.6 Å². The van der Waals surface area contributed by atoms with Gasteiger partial charge < -0.3 is 0 Å². The van der Waals surface area contributed by atoms with Crippen molar-refractivity contribution >= 4 is 17.7 Å². The van der Waals surface area contributed by atoms with E-state index in [1.165, 1.54) is 6.34 Å². The van der Waals surface area contributed by atoms with E-state index in [1.807, 2.05) is 0 Å². The molecule has 4 heteroatoms.